The largest absolute Gasteiger partial charge is 0.497 e. The lowest BCUT2D eigenvalue weighted by Gasteiger charge is -2.13. The zero-order valence-electron chi connectivity index (χ0n) is 14.7. The molecule has 0 atom stereocenters. The van der Waals surface area contributed by atoms with E-state index >= 15 is 0 Å². The maximum Gasteiger partial charge on any atom is 0.262 e. The number of rotatable bonds is 9. The minimum atomic E-state index is -0.291. The quantitative estimate of drug-likeness (QED) is 0.753. The zero-order chi connectivity index (χ0) is 18.1. The number of anilines is 1. The Morgan fingerprint density at radius 2 is 1.56 bits per heavy atom. The summed E-state index contributed by atoms with van der Waals surface area (Å²) in [5.74, 6) is 2.05. The predicted molar refractivity (Wildman–Crippen MR) is 95.9 cm³/mol. The first kappa shape index (κ1) is 18.4. The van der Waals surface area contributed by atoms with E-state index in [2.05, 4.69) is 5.32 Å². The van der Waals surface area contributed by atoms with Crippen LogP contribution in [-0.4, -0.2) is 33.3 Å². The fourth-order valence-corrected chi connectivity index (χ4v) is 2.12. The summed E-state index contributed by atoms with van der Waals surface area (Å²) in [4.78, 5) is 12.2. The van der Waals surface area contributed by atoms with Crippen LogP contribution in [0.5, 0.6) is 23.0 Å². The van der Waals surface area contributed by atoms with Gasteiger partial charge in [-0.1, -0.05) is 19.1 Å². The molecule has 1 amide bonds. The molecule has 0 aliphatic carbocycles. The van der Waals surface area contributed by atoms with Gasteiger partial charge in [0.2, 0.25) is 0 Å². The van der Waals surface area contributed by atoms with E-state index in [1.165, 1.54) is 0 Å². The average Bonchev–Trinajstić information content (AvgIpc) is 2.64. The van der Waals surface area contributed by atoms with Gasteiger partial charge < -0.3 is 24.3 Å². The van der Waals surface area contributed by atoms with Crippen LogP contribution in [-0.2, 0) is 4.79 Å². The first-order valence-electron chi connectivity index (χ1n) is 8.03. The van der Waals surface area contributed by atoms with E-state index < -0.39 is 0 Å². The molecule has 0 aliphatic heterocycles. The lowest BCUT2D eigenvalue weighted by Crippen LogP contribution is -2.20. The second-order valence-electron chi connectivity index (χ2n) is 5.23. The number of hydrogen-bond donors (Lipinski definition) is 1. The summed E-state index contributed by atoms with van der Waals surface area (Å²) in [5.41, 5.74) is 0.570. The summed E-state index contributed by atoms with van der Waals surface area (Å²) in [5, 5.41) is 2.76. The van der Waals surface area contributed by atoms with Gasteiger partial charge in [0.15, 0.2) is 18.1 Å². The molecular formula is C19H23NO5. The van der Waals surface area contributed by atoms with Gasteiger partial charge in [-0.3, -0.25) is 4.79 Å². The maximum absolute atomic E-state index is 12.2. The Morgan fingerprint density at radius 1 is 0.960 bits per heavy atom. The van der Waals surface area contributed by atoms with Gasteiger partial charge in [0.1, 0.15) is 11.5 Å². The van der Waals surface area contributed by atoms with E-state index in [1.54, 1.807) is 38.5 Å². The molecule has 0 saturated carbocycles. The Kier molecular flexibility index (Phi) is 6.95. The number of nitrogens with one attached hydrogen (secondary N) is 1. The Hall–Kier alpha value is -2.89. The summed E-state index contributed by atoms with van der Waals surface area (Å²) in [6, 6.07) is 12.4. The molecule has 1 N–H and O–H groups in total. The Bertz CT molecular complexity index is 680. The molecule has 0 bridgehead atoms. The smallest absolute Gasteiger partial charge is 0.262 e. The summed E-state index contributed by atoms with van der Waals surface area (Å²) in [7, 11) is 3.10. The second-order valence-corrected chi connectivity index (χ2v) is 5.23. The minimum Gasteiger partial charge on any atom is -0.497 e. The van der Waals surface area contributed by atoms with Gasteiger partial charge in [-0.15, -0.1) is 0 Å². The van der Waals surface area contributed by atoms with Crippen molar-refractivity contribution in [3.63, 3.8) is 0 Å². The van der Waals surface area contributed by atoms with Crippen LogP contribution >= 0.6 is 0 Å². The molecule has 2 aromatic carbocycles. The van der Waals surface area contributed by atoms with Crippen LogP contribution in [0.3, 0.4) is 0 Å². The van der Waals surface area contributed by atoms with Gasteiger partial charge in [0, 0.05) is 23.9 Å². The van der Waals surface area contributed by atoms with Crippen LogP contribution in [0.2, 0.25) is 0 Å². The van der Waals surface area contributed by atoms with Crippen molar-refractivity contribution < 1.29 is 23.7 Å². The van der Waals surface area contributed by atoms with Gasteiger partial charge in [-0.2, -0.15) is 0 Å². The first-order chi connectivity index (χ1) is 12.2. The van der Waals surface area contributed by atoms with Crippen LogP contribution < -0.4 is 24.3 Å². The van der Waals surface area contributed by atoms with Crippen LogP contribution in [0, 0.1) is 0 Å². The Labute approximate surface area is 147 Å². The lowest BCUT2D eigenvalue weighted by atomic mass is 10.2. The highest BCUT2D eigenvalue weighted by Crippen LogP contribution is 2.27. The van der Waals surface area contributed by atoms with Crippen molar-refractivity contribution in [3.8, 4) is 23.0 Å². The summed E-state index contributed by atoms with van der Waals surface area (Å²) >= 11 is 0. The summed E-state index contributed by atoms with van der Waals surface area (Å²) in [6.45, 7) is 2.49. The van der Waals surface area contributed by atoms with E-state index in [-0.39, 0.29) is 12.5 Å². The summed E-state index contributed by atoms with van der Waals surface area (Å²) < 4.78 is 21.6. The minimum absolute atomic E-state index is 0.133. The standard InChI is InChI=1S/C19H23NO5/c1-4-9-24-17-7-5-6-8-18(17)25-13-19(21)20-14-10-15(22-2)12-16(11-14)23-3/h5-8,10-12H,4,9,13H2,1-3H3,(H,20,21). The van der Waals surface area contributed by atoms with Crippen molar-refractivity contribution >= 4 is 11.6 Å². The van der Waals surface area contributed by atoms with Gasteiger partial charge >= 0.3 is 0 Å². The van der Waals surface area contributed by atoms with Gasteiger partial charge in [-0.25, -0.2) is 0 Å². The molecule has 25 heavy (non-hydrogen) atoms. The van der Waals surface area contributed by atoms with E-state index in [9.17, 15) is 4.79 Å². The highest BCUT2D eigenvalue weighted by molar-refractivity contribution is 5.92. The SMILES string of the molecule is CCCOc1ccccc1OCC(=O)Nc1cc(OC)cc(OC)c1. The van der Waals surface area contributed by atoms with Gasteiger partial charge in [0.25, 0.3) is 5.91 Å². The first-order valence-corrected chi connectivity index (χ1v) is 8.03. The number of para-hydroxylation sites is 2. The van der Waals surface area contributed by atoms with E-state index in [1.807, 2.05) is 25.1 Å². The topological polar surface area (TPSA) is 66.0 Å². The molecule has 0 aromatic heterocycles. The number of amides is 1. The van der Waals surface area contributed by atoms with Crippen LogP contribution in [0.25, 0.3) is 0 Å². The third-order valence-corrected chi connectivity index (χ3v) is 3.30. The highest BCUT2D eigenvalue weighted by Gasteiger charge is 2.09. The van der Waals surface area contributed by atoms with Crippen molar-refractivity contribution in [1.82, 2.24) is 0 Å². The normalized spacial score (nSPS) is 10.0. The average molecular weight is 345 g/mol. The van der Waals surface area contributed by atoms with Gasteiger partial charge in [-0.05, 0) is 18.6 Å². The molecule has 0 saturated heterocycles. The molecule has 2 rings (SSSR count). The molecule has 0 heterocycles. The molecule has 0 unspecified atom stereocenters. The zero-order valence-corrected chi connectivity index (χ0v) is 14.7. The predicted octanol–water partition coefficient (Wildman–Crippen LogP) is 3.51. The number of carbonyl (C=O) groups excluding carboxylic acids is 1. The van der Waals surface area contributed by atoms with Crippen molar-refractivity contribution in [2.24, 2.45) is 0 Å². The van der Waals surface area contributed by atoms with E-state index in [0.717, 1.165) is 6.42 Å². The fraction of sp³-hybridized carbons (Fsp3) is 0.316. The third-order valence-electron chi connectivity index (χ3n) is 3.30. The summed E-state index contributed by atoms with van der Waals surface area (Å²) in [6.07, 6.45) is 0.895. The molecule has 0 radical (unpaired) electrons. The van der Waals surface area contributed by atoms with Crippen molar-refractivity contribution in [2.45, 2.75) is 13.3 Å². The Morgan fingerprint density at radius 3 is 2.12 bits per heavy atom. The number of hydrogen-bond acceptors (Lipinski definition) is 5. The van der Waals surface area contributed by atoms with Gasteiger partial charge in [0.05, 0.1) is 20.8 Å². The molecule has 134 valence electrons. The monoisotopic (exact) mass is 345 g/mol. The Balaban J connectivity index is 1.97. The number of benzene rings is 2. The molecule has 0 aliphatic rings. The highest BCUT2D eigenvalue weighted by atomic mass is 16.5. The van der Waals surface area contributed by atoms with Crippen molar-refractivity contribution in [1.29, 1.82) is 0 Å². The van der Waals surface area contributed by atoms with Crippen molar-refractivity contribution in [3.05, 3.63) is 42.5 Å². The second kappa shape index (κ2) is 9.42. The van der Waals surface area contributed by atoms with Crippen LogP contribution in [0.1, 0.15) is 13.3 Å². The van der Waals surface area contributed by atoms with Crippen molar-refractivity contribution in [2.75, 3.05) is 32.8 Å². The van der Waals surface area contributed by atoms with E-state index in [0.29, 0.717) is 35.3 Å². The molecule has 0 spiro atoms. The number of methoxy groups -OCH3 is 2. The molecule has 0 fully saturated rings. The fourth-order valence-electron chi connectivity index (χ4n) is 2.12. The molecule has 6 heteroatoms. The number of ether oxygens (including phenoxy) is 4. The molecule has 6 nitrogen and oxygen atoms in total. The molecular weight excluding hydrogens is 322 g/mol. The maximum atomic E-state index is 12.2. The van der Waals surface area contributed by atoms with Crippen LogP contribution in [0.4, 0.5) is 5.69 Å². The van der Waals surface area contributed by atoms with E-state index in [4.69, 9.17) is 18.9 Å². The lowest BCUT2D eigenvalue weighted by molar-refractivity contribution is -0.118. The molecule has 2 aromatic rings. The third kappa shape index (κ3) is 5.60. The number of carbonyl (C=O) groups is 1. The van der Waals surface area contributed by atoms with Crippen LogP contribution in [0.15, 0.2) is 42.5 Å².